The molecule has 4 nitrogen and oxygen atoms in total. The summed E-state index contributed by atoms with van der Waals surface area (Å²) in [6.45, 7) is 0.618. The summed E-state index contributed by atoms with van der Waals surface area (Å²) in [4.78, 5) is 13.0. The lowest BCUT2D eigenvalue weighted by Crippen LogP contribution is -2.35. The van der Waals surface area contributed by atoms with Gasteiger partial charge < -0.3 is 15.4 Å². The minimum atomic E-state index is 0.0150. The van der Waals surface area contributed by atoms with Crippen LogP contribution in [-0.4, -0.2) is 19.6 Å². The molecule has 4 heteroatoms. The van der Waals surface area contributed by atoms with Crippen molar-refractivity contribution in [3.8, 4) is 5.75 Å². The fourth-order valence-corrected chi connectivity index (χ4v) is 6.83. The van der Waals surface area contributed by atoms with Gasteiger partial charge in [-0.05, 0) is 96.4 Å². The van der Waals surface area contributed by atoms with E-state index in [1.165, 1.54) is 41.6 Å². The second-order valence-corrected chi connectivity index (χ2v) is 10.1. The van der Waals surface area contributed by atoms with E-state index in [9.17, 15) is 4.79 Å². The summed E-state index contributed by atoms with van der Waals surface area (Å²) in [6.07, 6.45) is 4.80. The first-order valence-corrected chi connectivity index (χ1v) is 12.6. The van der Waals surface area contributed by atoms with E-state index in [1.54, 1.807) is 7.11 Å². The molecule has 1 heterocycles. The zero-order valence-electron chi connectivity index (χ0n) is 19.7. The molecular weight excluding hydrogens is 420 g/mol. The van der Waals surface area contributed by atoms with E-state index < -0.39 is 0 Å². The highest BCUT2D eigenvalue weighted by Gasteiger charge is 2.53. The molecule has 0 spiro atoms. The van der Waals surface area contributed by atoms with Crippen LogP contribution in [0, 0.1) is 17.8 Å². The number of nitrogens with one attached hydrogen (secondary N) is 2. The summed E-state index contributed by atoms with van der Waals surface area (Å²) in [5.74, 6) is 3.55. The zero-order chi connectivity index (χ0) is 23.1. The maximum absolute atomic E-state index is 13.0. The third kappa shape index (κ3) is 3.75. The van der Waals surface area contributed by atoms with Gasteiger partial charge >= 0.3 is 0 Å². The van der Waals surface area contributed by atoms with E-state index in [-0.39, 0.29) is 5.91 Å². The monoisotopic (exact) mass is 452 g/mol. The Hall–Kier alpha value is -3.27. The van der Waals surface area contributed by atoms with Gasteiger partial charge in [-0.1, -0.05) is 42.5 Å². The second kappa shape index (κ2) is 8.83. The van der Waals surface area contributed by atoms with Crippen LogP contribution in [0.25, 0.3) is 0 Å². The molecule has 3 aromatic rings. The van der Waals surface area contributed by atoms with Crippen molar-refractivity contribution in [2.24, 2.45) is 17.8 Å². The van der Waals surface area contributed by atoms with Crippen LogP contribution in [0.3, 0.4) is 0 Å². The van der Waals surface area contributed by atoms with Crippen molar-refractivity contribution in [1.29, 1.82) is 0 Å². The van der Waals surface area contributed by atoms with Gasteiger partial charge in [0.15, 0.2) is 0 Å². The quantitative estimate of drug-likeness (QED) is 0.485. The minimum Gasteiger partial charge on any atom is -0.497 e. The number of hydrogen-bond acceptors (Lipinski definition) is 3. The van der Waals surface area contributed by atoms with Crippen molar-refractivity contribution in [1.82, 2.24) is 5.32 Å². The molecular formula is C30H32N2O2. The van der Waals surface area contributed by atoms with Gasteiger partial charge in [-0.25, -0.2) is 0 Å². The Morgan fingerprint density at radius 1 is 1.00 bits per heavy atom. The number of fused-ring (bicyclic) bond motifs is 7. The van der Waals surface area contributed by atoms with Crippen LogP contribution in [0.5, 0.6) is 5.75 Å². The van der Waals surface area contributed by atoms with Crippen LogP contribution in [0.15, 0.2) is 72.8 Å². The normalized spacial score (nSPS) is 26.3. The third-order valence-corrected chi connectivity index (χ3v) is 8.37. The first kappa shape index (κ1) is 21.3. The number of ether oxygens (including phenoxy) is 1. The topological polar surface area (TPSA) is 50.4 Å². The number of benzene rings is 3. The fourth-order valence-electron chi connectivity index (χ4n) is 6.83. The second-order valence-electron chi connectivity index (χ2n) is 10.1. The highest BCUT2D eigenvalue weighted by molar-refractivity contribution is 5.95. The van der Waals surface area contributed by atoms with Crippen molar-refractivity contribution >= 4 is 11.6 Å². The lowest BCUT2D eigenvalue weighted by atomic mass is 9.68. The van der Waals surface area contributed by atoms with Gasteiger partial charge in [0, 0.05) is 17.8 Å². The molecule has 2 fully saturated rings. The van der Waals surface area contributed by atoms with Crippen molar-refractivity contribution in [2.75, 3.05) is 19.0 Å². The Bertz CT molecular complexity index is 1170. The molecule has 0 unspecified atom stereocenters. The Morgan fingerprint density at radius 3 is 2.59 bits per heavy atom. The van der Waals surface area contributed by atoms with Gasteiger partial charge in [0.1, 0.15) is 5.75 Å². The van der Waals surface area contributed by atoms with Crippen molar-refractivity contribution in [3.63, 3.8) is 0 Å². The molecule has 174 valence electrons. The van der Waals surface area contributed by atoms with Crippen LogP contribution in [0.2, 0.25) is 0 Å². The summed E-state index contributed by atoms with van der Waals surface area (Å²) in [7, 11) is 1.67. The zero-order valence-corrected chi connectivity index (χ0v) is 19.7. The van der Waals surface area contributed by atoms with Gasteiger partial charge in [-0.15, -0.1) is 0 Å². The number of hydrogen-bond donors (Lipinski definition) is 2. The molecule has 2 saturated carbocycles. The molecule has 2 N–H and O–H groups in total. The van der Waals surface area contributed by atoms with Crippen LogP contribution in [-0.2, 0) is 6.42 Å². The van der Waals surface area contributed by atoms with E-state index in [2.05, 4.69) is 53.1 Å². The molecule has 6 rings (SSSR count). The molecule has 0 aromatic heterocycles. The Kier molecular flexibility index (Phi) is 5.52. The van der Waals surface area contributed by atoms with E-state index >= 15 is 0 Å². The molecule has 3 aromatic carbocycles. The smallest absolute Gasteiger partial charge is 0.251 e. The molecule has 0 saturated heterocycles. The van der Waals surface area contributed by atoms with Gasteiger partial charge in [0.05, 0.1) is 13.2 Å². The number of carbonyl (C=O) groups excluding carboxylic acids is 1. The molecule has 34 heavy (non-hydrogen) atoms. The number of amides is 1. The number of methoxy groups -OCH3 is 1. The molecule has 5 atom stereocenters. The highest BCUT2D eigenvalue weighted by atomic mass is 16.5. The van der Waals surface area contributed by atoms with E-state index in [0.29, 0.717) is 24.4 Å². The molecule has 3 aliphatic rings. The molecule has 2 aliphatic carbocycles. The van der Waals surface area contributed by atoms with E-state index in [4.69, 9.17) is 4.74 Å². The largest absolute Gasteiger partial charge is 0.497 e. The van der Waals surface area contributed by atoms with Crippen LogP contribution >= 0.6 is 0 Å². The standard InChI is InChI=1S/C30H32N2O2/c1-34-24-12-7-19(8-13-24)15-16-31-30(33)23-11-14-26-25(18-23)27-21-9-10-22(17-21)28(27)29(32-26)20-5-3-2-4-6-20/h2-8,11-14,18,21-22,27-29,32H,9-10,15-17H2,1H3,(H,31,33)/t21-,22-,27-,28+,29+/m0/s1. The number of anilines is 1. The highest BCUT2D eigenvalue weighted by Crippen LogP contribution is 2.63. The van der Waals surface area contributed by atoms with E-state index in [0.717, 1.165) is 29.6 Å². The van der Waals surface area contributed by atoms with Gasteiger partial charge in [-0.3, -0.25) is 4.79 Å². The summed E-state index contributed by atoms with van der Waals surface area (Å²) < 4.78 is 5.22. The number of rotatable bonds is 6. The summed E-state index contributed by atoms with van der Waals surface area (Å²) in [5, 5.41) is 6.99. The summed E-state index contributed by atoms with van der Waals surface area (Å²) in [5.41, 5.74) is 5.91. The first-order valence-electron chi connectivity index (χ1n) is 12.6. The molecule has 1 aliphatic heterocycles. The van der Waals surface area contributed by atoms with Crippen LogP contribution in [0.4, 0.5) is 5.69 Å². The maximum Gasteiger partial charge on any atom is 0.251 e. The summed E-state index contributed by atoms with van der Waals surface area (Å²) in [6, 6.07) is 25.6. The van der Waals surface area contributed by atoms with Crippen molar-refractivity contribution in [3.05, 3.63) is 95.1 Å². The third-order valence-electron chi connectivity index (χ3n) is 8.37. The average molecular weight is 453 g/mol. The van der Waals surface area contributed by atoms with Crippen molar-refractivity contribution < 1.29 is 9.53 Å². The first-order chi connectivity index (χ1) is 16.7. The molecule has 0 radical (unpaired) electrons. The van der Waals surface area contributed by atoms with Crippen LogP contribution in [0.1, 0.15) is 58.3 Å². The summed E-state index contributed by atoms with van der Waals surface area (Å²) >= 11 is 0. The predicted octanol–water partition coefficient (Wildman–Crippen LogP) is 5.96. The predicted molar refractivity (Wildman–Crippen MR) is 135 cm³/mol. The Labute approximate surface area is 201 Å². The lowest BCUT2D eigenvalue weighted by molar-refractivity contribution is 0.0954. The fraction of sp³-hybridized carbons (Fsp3) is 0.367. The SMILES string of the molecule is COc1ccc(CCNC(=O)c2ccc3c(c2)[C@@H]2[C@H]4CC[C@@H](C4)[C@H]2[C@@H](c2ccccc2)N3)cc1. The van der Waals surface area contributed by atoms with E-state index in [1.807, 2.05) is 30.3 Å². The van der Waals surface area contributed by atoms with Crippen molar-refractivity contribution in [2.45, 2.75) is 37.6 Å². The Balaban J connectivity index is 1.20. The molecule has 2 bridgehead atoms. The average Bonchev–Trinajstić information content (AvgIpc) is 3.52. The number of carbonyl (C=O) groups is 1. The van der Waals surface area contributed by atoms with Gasteiger partial charge in [-0.2, -0.15) is 0 Å². The lowest BCUT2D eigenvalue weighted by Gasteiger charge is -2.43. The van der Waals surface area contributed by atoms with Crippen LogP contribution < -0.4 is 15.4 Å². The van der Waals surface area contributed by atoms with Gasteiger partial charge in [0.25, 0.3) is 5.91 Å². The van der Waals surface area contributed by atoms with Gasteiger partial charge in [0.2, 0.25) is 0 Å². The maximum atomic E-state index is 13.0. The molecule has 1 amide bonds. The Morgan fingerprint density at radius 2 is 1.79 bits per heavy atom. The minimum absolute atomic E-state index is 0.0150.